The van der Waals surface area contributed by atoms with E-state index < -0.39 is 0 Å². The summed E-state index contributed by atoms with van der Waals surface area (Å²) in [4.78, 5) is 21.8. The van der Waals surface area contributed by atoms with Crippen molar-refractivity contribution in [2.75, 3.05) is 11.4 Å². The molecule has 0 saturated carbocycles. The zero-order chi connectivity index (χ0) is 18.8. The Morgan fingerprint density at radius 2 is 2.15 bits per heavy atom. The molecule has 2 aromatic heterocycles. The van der Waals surface area contributed by atoms with Crippen LogP contribution in [-0.4, -0.2) is 32.6 Å². The Labute approximate surface area is 156 Å². The standard InChI is InChI=1S/C19H19N5O3/c1-13-5-2-3-10-23(13)16-8-7-14(11-17(16)24(25)26)19-21-18(22-27-19)15-6-4-9-20-12-15/h4,6-9,11-13H,2-3,5,10H2,1H3. The maximum absolute atomic E-state index is 11.7. The molecule has 1 fully saturated rings. The number of benzene rings is 1. The number of rotatable bonds is 4. The van der Waals surface area contributed by atoms with Crippen LogP contribution in [0.15, 0.2) is 47.2 Å². The average molecular weight is 365 g/mol. The molecule has 1 atom stereocenters. The third-order valence-electron chi connectivity index (χ3n) is 4.88. The first-order valence-corrected chi connectivity index (χ1v) is 8.93. The first-order chi connectivity index (χ1) is 13.1. The van der Waals surface area contributed by atoms with Crippen LogP contribution in [0.3, 0.4) is 0 Å². The number of piperidine rings is 1. The summed E-state index contributed by atoms with van der Waals surface area (Å²) in [6.07, 6.45) is 6.53. The van der Waals surface area contributed by atoms with Crippen molar-refractivity contribution in [1.29, 1.82) is 0 Å². The third-order valence-corrected chi connectivity index (χ3v) is 4.88. The molecule has 138 valence electrons. The lowest BCUT2D eigenvalue weighted by Gasteiger charge is -2.35. The molecule has 0 aliphatic carbocycles. The Hall–Kier alpha value is -3.29. The van der Waals surface area contributed by atoms with Crippen LogP contribution in [0.4, 0.5) is 11.4 Å². The summed E-state index contributed by atoms with van der Waals surface area (Å²) in [6.45, 7) is 2.93. The fraction of sp³-hybridized carbons (Fsp3) is 0.316. The minimum atomic E-state index is -0.349. The van der Waals surface area contributed by atoms with E-state index in [4.69, 9.17) is 4.52 Å². The summed E-state index contributed by atoms with van der Waals surface area (Å²) < 4.78 is 5.32. The van der Waals surface area contributed by atoms with Gasteiger partial charge in [0.2, 0.25) is 5.82 Å². The summed E-state index contributed by atoms with van der Waals surface area (Å²) in [5.41, 5.74) is 1.95. The van der Waals surface area contributed by atoms with E-state index in [1.54, 1.807) is 30.6 Å². The van der Waals surface area contributed by atoms with Crippen LogP contribution in [0.25, 0.3) is 22.8 Å². The molecular formula is C19H19N5O3. The highest BCUT2D eigenvalue weighted by molar-refractivity contribution is 5.72. The monoisotopic (exact) mass is 365 g/mol. The predicted molar refractivity (Wildman–Crippen MR) is 100 cm³/mol. The van der Waals surface area contributed by atoms with Gasteiger partial charge in [-0.1, -0.05) is 5.16 Å². The van der Waals surface area contributed by atoms with Gasteiger partial charge in [-0.3, -0.25) is 15.1 Å². The minimum absolute atomic E-state index is 0.0578. The van der Waals surface area contributed by atoms with Crippen LogP contribution in [-0.2, 0) is 0 Å². The van der Waals surface area contributed by atoms with Crippen molar-refractivity contribution in [1.82, 2.24) is 15.1 Å². The van der Waals surface area contributed by atoms with Gasteiger partial charge in [0.05, 0.1) is 4.92 Å². The second kappa shape index (κ2) is 7.14. The molecule has 3 aromatic rings. The zero-order valence-corrected chi connectivity index (χ0v) is 14.9. The van der Waals surface area contributed by atoms with E-state index >= 15 is 0 Å². The quantitative estimate of drug-likeness (QED) is 0.507. The van der Waals surface area contributed by atoms with Crippen LogP contribution in [0.2, 0.25) is 0 Å². The van der Waals surface area contributed by atoms with Crippen LogP contribution in [0.1, 0.15) is 26.2 Å². The van der Waals surface area contributed by atoms with Crippen molar-refractivity contribution in [3.05, 3.63) is 52.8 Å². The van der Waals surface area contributed by atoms with Crippen LogP contribution >= 0.6 is 0 Å². The van der Waals surface area contributed by atoms with Gasteiger partial charge >= 0.3 is 0 Å². The summed E-state index contributed by atoms with van der Waals surface area (Å²) >= 11 is 0. The zero-order valence-electron chi connectivity index (χ0n) is 14.9. The Morgan fingerprint density at radius 3 is 2.89 bits per heavy atom. The van der Waals surface area contributed by atoms with E-state index in [1.807, 2.05) is 6.07 Å². The Balaban J connectivity index is 1.70. The molecule has 1 aliphatic rings. The van der Waals surface area contributed by atoms with Gasteiger partial charge in [0, 0.05) is 42.2 Å². The van der Waals surface area contributed by atoms with E-state index in [9.17, 15) is 10.1 Å². The second-order valence-electron chi connectivity index (χ2n) is 6.66. The van der Waals surface area contributed by atoms with Gasteiger partial charge in [0.1, 0.15) is 5.69 Å². The fourth-order valence-electron chi connectivity index (χ4n) is 3.45. The van der Waals surface area contributed by atoms with Crippen LogP contribution < -0.4 is 4.90 Å². The molecule has 1 aromatic carbocycles. The Kier molecular flexibility index (Phi) is 4.53. The summed E-state index contributed by atoms with van der Waals surface area (Å²) in [7, 11) is 0. The molecule has 1 aliphatic heterocycles. The summed E-state index contributed by atoms with van der Waals surface area (Å²) in [5.74, 6) is 0.643. The average Bonchev–Trinajstić information content (AvgIpc) is 3.19. The normalized spacial score (nSPS) is 17.1. The van der Waals surface area contributed by atoms with E-state index in [0.29, 0.717) is 17.1 Å². The number of hydrogen-bond acceptors (Lipinski definition) is 7. The lowest BCUT2D eigenvalue weighted by molar-refractivity contribution is -0.384. The van der Waals surface area contributed by atoms with Gasteiger partial charge < -0.3 is 9.42 Å². The van der Waals surface area contributed by atoms with Crippen molar-refractivity contribution >= 4 is 11.4 Å². The Bertz CT molecular complexity index is 957. The highest BCUT2D eigenvalue weighted by Gasteiger charge is 2.26. The van der Waals surface area contributed by atoms with Crippen LogP contribution in [0.5, 0.6) is 0 Å². The largest absolute Gasteiger partial charge is 0.363 e. The Morgan fingerprint density at radius 1 is 1.26 bits per heavy atom. The lowest BCUT2D eigenvalue weighted by atomic mass is 10.0. The van der Waals surface area contributed by atoms with Crippen molar-refractivity contribution in [3.63, 3.8) is 0 Å². The molecule has 0 radical (unpaired) electrons. The molecule has 1 saturated heterocycles. The number of anilines is 1. The predicted octanol–water partition coefficient (Wildman–Crippen LogP) is 4.09. The van der Waals surface area contributed by atoms with Gasteiger partial charge in [0.15, 0.2) is 0 Å². The van der Waals surface area contributed by atoms with Crippen molar-refractivity contribution < 1.29 is 9.45 Å². The molecule has 0 amide bonds. The molecular weight excluding hydrogens is 346 g/mol. The number of aromatic nitrogens is 3. The van der Waals surface area contributed by atoms with Crippen molar-refractivity contribution in [3.8, 4) is 22.8 Å². The lowest BCUT2D eigenvalue weighted by Crippen LogP contribution is -2.37. The summed E-state index contributed by atoms with van der Waals surface area (Å²) in [6, 6.07) is 8.98. The number of nitro benzene ring substituents is 1. The smallest absolute Gasteiger partial charge is 0.293 e. The third kappa shape index (κ3) is 3.38. The van der Waals surface area contributed by atoms with Crippen molar-refractivity contribution in [2.45, 2.75) is 32.2 Å². The van der Waals surface area contributed by atoms with Crippen LogP contribution in [0, 0.1) is 10.1 Å². The molecule has 0 bridgehead atoms. The van der Waals surface area contributed by atoms with E-state index in [1.165, 1.54) is 6.07 Å². The molecule has 8 nitrogen and oxygen atoms in total. The van der Waals surface area contributed by atoms with Gasteiger partial charge in [-0.2, -0.15) is 4.98 Å². The summed E-state index contributed by atoms with van der Waals surface area (Å²) in [5, 5.41) is 15.6. The molecule has 1 unspecified atom stereocenters. The fourth-order valence-corrected chi connectivity index (χ4v) is 3.45. The molecule has 0 spiro atoms. The molecule has 3 heterocycles. The molecule has 8 heteroatoms. The van der Waals surface area contributed by atoms with E-state index in [0.717, 1.165) is 31.4 Å². The first-order valence-electron chi connectivity index (χ1n) is 8.93. The highest BCUT2D eigenvalue weighted by atomic mass is 16.6. The SMILES string of the molecule is CC1CCCCN1c1ccc(-c2nc(-c3cccnc3)no2)cc1[N+](=O)[O-]. The maximum atomic E-state index is 11.7. The van der Waals surface area contributed by atoms with E-state index in [-0.39, 0.29) is 22.5 Å². The number of nitro groups is 1. The number of pyridine rings is 1. The number of nitrogens with zero attached hydrogens (tertiary/aromatic N) is 5. The second-order valence-corrected chi connectivity index (χ2v) is 6.66. The molecule has 4 rings (SSSR count). The molecule has 0 N–H and O–H groups in total. The van der Waals surface area contributed by atoms with E-state index in [2.05, 4.69) is 26.9 Å². The van der Waals surface area contributed by atoms with Gasteiger partial charge in [-0.05, 0) is 50.5 Å². The van der Waals surface area contributed by atoms with Crippen molar-refractivity contribution in [2.24, 2.45) is 0 Å². The maximum Gasteiger partial charge on any atom is 0.293 e. The molecule has 27 heavy (non-hydrogen) atoms. The van der Waals surface area contributed by atoms with Gasteiger partial charge in [0.25, 0.3) is 11.6 Å². The van der Waals surface area contributed by atoms with Gasteiger partial charge in [-0.15, -0.1) is 0 Å². The highest BCUT2D eigenvalue weighted by Crippen LogP contribution is 2.36. The first kappa shape index (κ1) is 17.1. The van der Waals surface area contributed by atoms with Gasteiger partial charge in [-0.25, -0.2) is 0 Å². The topological polar surface area (TPSA) is 98.2 Å². The minimum Gasteiger partial charge on any atom is -0.363 e. The number of hydrogen-bond donors (Lipinski definition) is 0.